The van der Waals surface area contributed by atoms with Crippen LogP contribution in [0.1, 0.15) is 5.56 Å². The van der Waals surface area contributed by atoms with Crippen LogP contribution >= 0.6 is 29.9 Å². The maximum atomic E-state index is 6.01. The van der Waals surface area contributed by atoms with Gasteiger partial charge >= 0.3 is 6.72 Å². The lowest BCUT2D eigenvalue weighted by Gasteiger charge is -2.19. The van der Waals surface area contributed by atoms with Gasteiger partial charge in [-0.25, -0.2) is 0 Å². The third-order valence-electron chi connectivity index (χ3n) is 1.79. The first kappa shape index (κ1) is 17.1. The van der Waals surface area contributed by atoms with Crippen molar-refractivity contribution in [3.8, 4) is 5.75 Å². The van der Waals surface area contributed by atoms with Crippen LogP contribution in [-0.2, 0) is 20.9 Å². The molecule has 0 unspecified atom stereocenters. The Hall–Kier alpha value is 0.130. The SMILES string of the molecule is COP(=S)(OC)Oc1c(Cl)cc(C)cc1Cl.N. The van der Waals surface area contributed by atoms with Crippen molar-refractivity contribution in [1.29, 1.82) is 0 Å². The van der Waals surface area contributed by atoms with Crippen LogP contribution in [0.25, 0.3) is 0 Å². The van der Waals surface area contributed by atoms with Crippen molar-refractivity contribution in [2.75, 3.05) is 14.2 Å². The molecule has 0 saturated carbocycles. The molecule has 17 heavy (non-hydrogen) atoms. The minimum atomic E-state index is -2.81. The van der Waals surface area contributed by atoms with E-state index in [1.165, 1.54) is 14.2 Å². The monoisotopic (exact) mass is 317 g/mol. The third kappa shape index (κ3) is 4.38. The number of benzene rings is 1. The van der Waals surface area contributed by atoms with Gasteiger partial charge in [-0.15, -0.1) is 0 Å². The number of hydrogen-bond donors (Lipinski definition) is 1. The molecule has 0 amide bonds. The first-order valence-corrected chi connectivity index (χ1v) is 7.60. The Labute approximate surface area is 116 Å². The molecule has 4 nitrogen and oxygen atoms in total. The van der Waals surface area contributed by atoms with E-state index in [0.29, 0.717) is 15.8 Å². The largest absolute Gasteiger partial charge is 0.421 e. The summed E-state index contributed by atoms with van der Waals surface area (Å²) in [5.41, 5.74) is 0.936. The lowest BCUT2D eigenvalue weighted by Crippen LogP contribution is -1.98. The Morgan fingerprint density at radius 1 is 1.12 bits per heavy atom. The zero-order chi connectivity index (χ0) is 12.3. The van der Waals surface area contributed by atoms with Crippen LogP contribution in [0.2, 0.25) is 10.0 Å². The normalized spacial score (nSPS) is 10.9. The van der Waals surface area contributed by atoms with E-state index in [4.69, 9.17) is 48.6 Å². The van der Waals surface area contributed by atoms with Gasteiger partial charge in [0.25, 0.3) is 0 Å². The highest BCUT2D eigenvalue weighted by Gasteiger charge is 2.22. The van der Waals surface area contributed by atoms with E-state index in [-0.39, 0.29) is 6.15 Å². The van der Waals surface area contributed by atoms with Crippen molar-refractivity contribution < 1.29 is 13.6 Å². The summed E-state index contributed by atoms with van der Waals surface area (Å²) in [6.45, 7) is -0.928. The van der Waals surface area contributed by atoms with Crippen LogP contribution in [0, 0.1) is 6.92 Å². The maximum absolute atomic E-state index is 6.01. The zero-order valence-electron chi connectivity index (χ0n) is 9.70. The highest BCUT2D eigenvalue weighted by molar-refractivity contribution is 8.07. The summed E-state index contributed by atoms with van der Waals surface area (Å²) in [6, 6.07) is 3.46. The second-order valence-corrected chi connectivity index (χ2v) is 6.92. The summed E-state index contributed by atoms with van der Waals surface area (Å²) < 4.78 is 15.4. The molecule has 0 spiro atoms. The highest BCUT2D eigenvalue weighted by atomic mass is 35.5. The molecule has 0 atom stereocenters. The van der Waals surface area contributed by atoms with Gasteiger partial charge in [-0.2, -0.15) is 0 Å². The Morgan fingerprint density at radius 2 is 1.53 bits per heavy atom. The molecule has 3 N–H and O–H groups in total. The summed E-state index contributed by atoms with van der Waals surface area (Å²) in [5, 5.41) is 0.765. The average Bonchev–Trinajstić information content (AvgIpc) is 2.23. The van der Waals surface area contributed by atoms with Crippen LogP contribution in [0.15, 0.2) is 12.1 Å². The highest BCUT2D eigenvalue weighted by Crippen LogP contribution is 2.51. The number of rotatable bonds is 4. The molecule has 98 valence electrons. The summed E-state index contributed by atoms with van der Waals surface area (Å²) in [7, 11) is 2.83. The summed E-state index contributed by atoms with van der Waals surface area (Å²) in [5.74, 6) is 0.293. The molecular weight excluding hydrogens is 304 g/mol. The van der Waals surface area contributed by atoms with Gasteiger partial charge in [0.2, 0.25) is 0 Å². The number of aryl methyl sites for hydroxylation is 1. The fourth-order valence-corrected chi connectivity index (χ4v) is 2.76. The lowest BCUT2D eigenvalue weighted by atomic mass is 10.2. The minimum Gasteiger partial charge on any atom is -0.421 e. The molecule has 8 heteroatoms. The summed E-state index contributed by atoms with van der Waals surface area (Å²) in [4.78, 5) is 0. The number of hydrogen-bond acceptors (Lipinski definition) is 5. The molecule has 1 aromatic rings. The minimum absolute atomic E-state index is 0. The predicted octanol–water partition coefficient (Wildman–Crippen LogP) is 4.36. The van der Waals surface area contributed by atoms with Crippen molar-refractivity contribution in [2.24, 2.45) is 0 Å². The first-order valence-electron chi connectivity index (χ1n) is 4.28. The molecule has 0 heterocycles. The molecule has 0 bridgehead atoms. The molecule has 0 saturated heterocycles. The third-order valence-corrected chi connectivity index (χ3v) is 4.77. The second kappa shape index (κ2) is 6.90. The summed E-state index contributed by atoms with van der Waals surface area (Å²) in [6.07, 6.45) is 0. The van der Waals surface area contributed by atoms with Crippen LogP contribution < -0.4 is 10.7 Å². The quantitative estimate of drug-likeness (QED) is 0.836. The molecule has 0 aliphatic heterocycles. The Morgan fingerprint density at radius 3 is 1.88 bits per heavy atom. The molecule has 0 aliphatic carbocycles. The van der Waals surface area contributed by atoms with Crippen molar-refractivity contribution in [2.45, 2.75) is 6.92 Å². The van der Waals surface area contributed by atoms with Gasteiger partial charge in [-0.3, -0.25) is 0 Å². The van der Waals surface area contributed by atoms with Crippen molar-refractivity contribution >= 4 is 41.7 Å². The second-order valence-electron chi connectivity index (χ2n) is 2.96. The molecule has 0 radical (unpaired) electrons. The number of halogens is 2. The molecule has 0 fully saturated rings. The van der Waals surface area contributed by atoms with Gasteiger partial charge in [0.1, 0.15) is 0 Å². The first-order chi connectivity index (χ1) is 7.41. The van der Waals surface area contributed by atoms with Gasteiger partial charge in [-0.1, -0.05) is 23.2 Å². The van der Waals surface area contributed by atoms with E-state index < -0.39 is 6.72 Å². The van der Waals surface area contributed by atoms with E-state index in [9.17, 15) is 0 Å². The van der Waals surface area contributed by atoms with Crippen LogP contribution in [0.4, 0.5) is 0 Å². The Bertz CT molecular complexity index is 413. The Balaban J connectivity index is 0.00000256. The van der Waals surface area contributed by atoms with Gasteiger partial charge in [-0.05, 0) is 24.6 Å². The Kier molecular flexibility index (Phi) is 6.95. The van der Waals surface area contributed by atoms with Gasteiger partial charge in [0, 0.05) is 26.0 Å². The molecule has 1 aromatic carbocycles. The zero-order valence-corrected chi connectivity index (χ0v) is 12.9. The average molecular weight is 318 g/mol. The van der Waals surface area contributed by atoms with Gasteiger partial charge < -0.3 is 19.7 Å². The topological polar surface area (TPSA) is 62.7 Å². The van der Waals surface area contributed by atoms with E-state index in [1.807, 2.05) is 6.92 Å². The van der Waals surface area contributed by atoms with Gasteiger partial charge in [0.05, 0.1) is 10.0 Å². The van der Waals surface area contributed by atoms with Crippen molar-refractivity contribution in [3.05, 3.63) is 27.7 Å². The summed E-state index contributed by atoms with van der Waals surface area (Å²) >= 11 is 17.1. The van der Waals surface area contributed by atoms with E-state index in [0.717, 1.165) is 5.56 Å². The van der Waals surface area contributed by atoms with Crippen LogP contribution in [0.3, 0.4) is 0 Å². The van der Waals surface area contributed by atoms with Gasteiger partial charge in [0.15, 0.2) is 5.75 Å². The van der Waals surface area contributed by atoms with Crippen LogP contribution in [-0.4, -0.2) is 14.2 Å². The molecule has 1 rings (SSSR count). The predicted molar refractivity (Wildman–Crippen MR) is 75.2 cm³/mol. The fourth-order valence-electron chi connectivity index (χ4n) is 1.03. The molecule has 0 aromatic heterocycles. The lowest BCUT2D eigenvalue weighted by molar-refractivity contribution is 0.273. The van der Waals surface area contributed by atoms with Crippen LogP contribution in [0.5, 0.6) is 5.75 Å². The fraction of sp³-hybridized carbons (Fsp3) is 0.333. The van der Waals surface area contributed by atoms with E-state index in [2.05, 4.69) is 0 Å². The van der Waals surface area contributed by atoms with Crippen molar-refractivity contribution in [1.82, 2.24) is 6.15 Å². The van der Waals surface area contributed by atoms with E-state index in [1.54, 1.807) is 12.1 Å². The molecule has 0 aliphatic rings. The standard InChI is InChI=1S/C9H11Cl2O3PS.H3N/c1-6-4-7(10)9(8(11)5-6)14-15(16,12-2)13-3;/h4-5H,1-3H3;1H3. The van der Waals surface area contributed by atoms with Crippen molar-refractivity contribution in [3.63, 3.8) is 0 Å². The maximum Gasteiger partial charge on any atom is 0.380 e. The molecular formula is C9H14Cl2NO3PS. The smallest absolute Gasteiger partial charge is 0.380 e. The van der Waals surface area contributed by atoms with E-state index >= 15 is 0 Å².